The quantitative estimate of drug-likeness (QED) is 0.700. The summed E-state index contributed by atoms with van der Waals surface area (Å²) >= 11 is 1.14. The van der Waals surface area contributed by atoms with Crippen molar-refractivity contribution in [2.24, 2.45) is 0 Å². The smallest absolute Gasteiger partial charge is 0.143 e. The Balaban J connectivity index is 3.07. The first-order chi connectivity index (χ1) is 6.19. The van der Waals surface area contributed by atoms with Crippen molar-refractivity contribution in [3.8, 4) is 5.75 Å². The Morgan fingerprint density at radius 3 is 2.23 bits per heavy atom. The van der Waals surface area contributed by atoms with Crippen LogP contribution in [0.5, 0.6) is 5.75 Å². The largest absolute Gasteiger partial charge is 0.497 e. The third kappa shape index (κ3) is 2.34. The summed E-state index contributed by atoms with van der Waals surface area (Å²) in [5.41, 5.74) is 0. The Hall–Kier alpha value is -0.770. The molecule has 0 atom stereocenters. The SMILES string of the molecule is CCSc1c(F)cc(OC)cc1F. The lowest BCUT2D eigenvalue weighted by Crippen LogP contribution is -1.91. The third-order valence-corrected chi connectivity index (χ3v) is 2.46. The lowest BCUT2D eigenvalue weighted by atomic mass is 10.3. The number of hydrogen-bond donors (Lipinski definition) is 0. The molecule has 13 heavy (non-hydrogen) atoms. The van der Waals surface area contributed by atoms with Crippen LogP contribution in [0.15, 0.2) is 17.0 Å². The standard InChI is InChI=1S/C9H10F2OS/c1-3-13-9-7(10)4-6(12-2)5-8(9)11/h4-5H,3H2,1-2H3. The Morgan fingerprint density at radius 1 is 1.31 bits per heavy atom. The highest BCUT2D eigenvalue weighted by atomic mass is 32.2. The molecule has 0 heterocycles. The van der Waals surface area contributed by atoms with Gasteiger partial charge in [0.15, 0.2) is 0 Å². The van der Waals surface area contributed by atoms with Gasteiger partial charge in [0.05, 0.1) is 12.0 Å². The Morgan fingerprint density at radius 2 is 1.85 bits per heavy atom. The number of benzene rings is 1. The summed E-state index contributed by atoms with van der Waals surface area (Å²) in [5, 5.41) is 0. The van der Waals surface area contributed by atoms with Crippen molar-refractivity contribution >= 4 is 11.8 Å². The molecule has 1 aromatic carbocycles. The van der Waals surface area contributed by atoms with E-state index < -0.39 is 11.6 Å². The third-order valence-electron chi connectivity index (χ3n) is 1.50. The van der Waals surface area contributed by atoms with Crippen LogP contribution in [0.4, 0.5) is 8.78 Å². The predicted molar refractivity (Wildman–Crippen MR) is 49.3 cm³/mol. The van der Waals surface area contributed by atoms with E-state index in [2.05, 4.69) is 0 Å². The van der Waals surface area contributed by atoms with Gasteiger partial charge in [-0.15, -0.1) is 11.8 Å². The first-order valence-electron chi connectivity index (χ1n) is 3.84. The number of rotatable bonds is 3. The normalized spacial score (nSPS) is 10.2. The van der Waals surface area contributed by atoms with Gasteiger partial charge in [0.1, 0.15) is 17.4 Å². The van der Waals surface area contributed by atoms with Gasteiger partial charge in [-0.2, -0.15) is 0 Å². The molecule has 0 saturated heterocycles. The molecule has 0 fully saturated rings. The van der Waals surface area contributed by atoms with Crippen LogP contribution < -0.4 is 4.74 Å². The molecule has 0 spiro atoms. The molecule has 1 aromatic rings. The maximum atomic E-state index is 13.1. The number of hydrogen-bond acceptors (Lipinski definition) is 2. The van der Waals surface area contributed by atoms with E-state index in [1.54, 1.807) is 0 Å². The second-order valence-corrected chi connectivity index (χ2v) is 3.63. The minimum absolute atomic E-state index is 0.0586. The molecule has 72 valence electrons. The summed E-state index contributed by atoms with van der Waals surface area (Å²) < 4.78 is 31.0. The Labute approximate surface area is 80.1 Å². The number of ether oxygens (including phenoxy) is 1. The Bertz CT molecular complexity index is 279. The maximum Gasteiger partial charge on any atom is 0.143 e. The molecular formula is C9H10F2OS. The van der Waals surface area contributed by atoms with Crippen LogP contribution in [0.3, 0.4) is 0 Å². The number of halogens is 2. The summed E-state index contributed by atoms with van der Waals surface area (Å²) in [6.45, 7) is 1.84. The van der Waals surface area contributed by atoms with Gasteiger partial charge in [-0.25, -0.2) is 8.78 Å². The van der Waals surface area contributed by atoms with E-state index in [-0.39, 0.29) is 10.6 Å². The van der Waals surface area contributed by atoms with Crippen LogP contribution in [-0.4, -0.2) is 12.9 Å². The van der Waals surface area contributed by atoms with E-state index in [0.717, 1.165) is 11.8 Å². The topological polar surface area (TPSA) is 9.23 Å². The fraction of sp³-hybridized carbons (Fsp3) is 0.333. The van der Waals surface area contributed by atoms with Gasteiger partial charge < -0.3 is 4.74 Å². The highest BCUT2D eigenvalue weighted by Crippen LogP contribution is 2.28. The molecule has 4 heteroatoms. The van der Waals surface area contributed by atoms with Gasteiger partial charge in [0, 0.05) is 12.1 Å². The van der Waals surface area contributed by atoms with Gasteiger partial charge in [-0.05, 0) is 5.75 Å². The highest BCUT2D eigenvalue weighted by molar-refractivity contribution is 7.99. The summed E-state index contributed by atoms with van der Waals surface area (Å²) in [6.07, 6.45) is 0. The molecule has 0 N–H and O–H groups in total. The highest BCUT2D eigenvalue weighted by Gasteiger charge is 2.10. The van der Waals surface area contributed by atoms with Crippen molar-refractivity contribution in [3.05, 3.63) is 23.8 Å². The molecule has 0 aliphatic carbocycles. The molecule has 0 radical (unpaired) electrons. The van der Waals surface area contributed by atoms with Crippen LogP contribution in [0.2, 0.25) is 0 Å². The number of methoxy groups -OCH3 is 1. The zero-order valence-corrected chi connectivity index (χ0v) is 8.25. The molecule has 0 saturated carbocycles. The predicted octanol–water partition coefficient (Wildman–Crippen LogP) is 3.09. The second-order valence-electron chi connectivity index (χ2n) is 2.35. The van der Waals surface area contributed by atoms with Crippen molar-refractivity contribution in [1.29, 1.82) is 0 Å². The monoisotopic (exact) mass is 204 g/mol. The average Bonchev–Trinajstić information content (AvgIpc) is 2.11. The van der Waals surface area contributed by atoms with Gasteiger partial charge in [-0.1, -0.05) is 6.92 Å². The summed E-state index contributed by atoms with van der Waals surface area (Å²) in [4.78, 5) is 0.0586. The van der Waals surface area contributed by atoms with Crippen LogP contribution in [0.1, 0.15) is 6.92 Å². The van der Waals surface area contributed by atoms with E-state index in [1.165, 1.54) is 19.2 Å². The molecule has 1 nitrogen and oxygen atoms in total. The van der Waals surface area contributed by atoms with Crippen molar-refractivity contribution < 1.29 is 13.5 Å². The van der Waals surface area contributed by atoms with Crippen molar-refractivity contribution in [1.82, 2.24) is 0 Å². The van der Waals surface area contributed by atoms with E-state index in [0.29, 0.717) is 5.75 Å². The molecular weight excluding hydrogens is 194 g/mol. The molecule has 0 amide bonds. The molecule has 1 rings (SSSR count). The van der Waals surface area contributed by atoms with Crippen LogP contribution in [0.25, 0.3) is 0 Å². The fourth-order valence-electron chi connectivity index (χ4n) is 0.937. The summed E-state index contributed by atoms with van der Waals surface area (Å²) in [6, 6.07) is 2.36. The fourth-order valence-corrected chi connectivity index (χ4v) is 1.62. The summed E-state index contributed by atoms with van der Waals surface area (Å²) in [5.74, 6) is -0.289. The molecule has 0 aromatic heterocycles. The van der Waals surface area contributed by atoms with Gasteiger partial charge in [-0.3, -0.25) is 0 Å². The number of thioether (sulfide) groups is 1. The van der Waals surface area contributed by atoms with Gasteiger partial charge >= 0.3 is 0 Å². The molecule has 0 bridgehead atoms. The van der Waals surface area contributed by atoms with Gasteiger partial charge in [0.25, 0.3) is 0 Å². The molecule has 0 aliphatic heterocycles. The van der Waals surface area contributed by atoms with Gasteiger partial charge in [0.2, 0.25) is 0 Å². The second kappa shape index (κ2) is 4.46. The lowest BCUT2D eigenvalue weighted by Gasteiger charge is -2.05. The molecule has 0 aliphatic rings. The van der Waals surface area contributed by atoms with E-state index in [4.69, 9.17) is 4.74 Å². The van der Waals surface area contributed by atoms with Crippen molar-refractivity contribution in [2.45, 2.75) is 11.8 Å². The van der Waals surface area contributed by atoms with Crippen LogP contribution >= 0.6 is 11.8 Å². The van der Waals surface area contributed by atoms with E-state index in [1.807, 2.05) is 6.92 Å². The molecule has 0 unspecified atom stereocenters. The van der Waals surface area contributed by atoms with E-state index in [9.17, 15) is 8.78 Å². The average molecular weight is 204 g/mol. The first-order valence-corrected chi connectivity index (χ1v) is 4.83. The lowest BCUT2D eigenvalue weighted by molar-refractivity contribution is 0.403. The minimum Gasteiger partial charge on any atom is -0.497 e. The van der Waals surface area contributed by atoms with Crippen LogP contribution in [-0.2, 0) is 0 Å². The zero-order valence-electron chi connectivity index (χ0n) is 7.43. The van der Waals surface area contributed by atoms with Crippen molar-refractivity contribution in [3.63, 3.8) is 0 Å². The van der Waals surface area contributed by atoms with Crippen molar-refractivity contribution in [2.75, 3.05) is 12.9 Å². The maximum absolute atomic E-state index is 13.1. The summed E-state index contributed by atoms with van der Waals surface area (Å²) in [7, 11) is 1.38. The first kappa shape index (κ1) is 10.3. The zero-order chi connectivity index (χ0) is 9.84. The van der Waals surface area contributed by atoms with E-state index >= 15 is 0 Å². The minimum atomic E-state index is -0.566. The van der Waals surface area contributed by atoms with Crippen LogP contribution in [0, 0.1) is 11.6 Å². The Kier molecular flexibility index (Phi) is 3.54.